The Morgan fingerprint density at radius 2 is 1.76 bits per heavy atom. The lowest BCUT2D eigenvalue weighted by Crippen LogP contribution is -2.50. The molecular formula is C23H32FN7O3. The fourth-order valence-electron chi connectivity index (χ4n) is 4.97. The topological polar surface area (TPSA) is 88.8 Å². The van der Waals surface area contributed by atoms with Gasteiger partial charge in [-0.2, -0.15) is 4.80 Å². The van der Waals surface area contributed by atoms with Crippen LogP contribution >= 0.6 is 0 Å². The standard InChI is InChI=1S/C23H32FN7O3/c24-20-3-1-2-4-21(20)34-19-7-11-28(12-8-19)18-5-9-29(10-6-18)22(32)17-31-26-23(25-27-31)30-13-15-33-16-14-30/h1-4,18-19H,5-17H2. The molecule has 11 heteroatoms. The predicted octanol–water partition coefficient (Wildman–Crippen LogP) is 1.18. The Morgan fingerprint density at radius 1 is 1.03 bits per heavy atom. The normalized spacial score (nSPS) is 21.1. The Bertz CT molecular complexity index is 952. The molecule has 1 amide bonds. The molecule has 4 heterocycles. The van der Waals surface area contributed by atoms with Gasteiger partial charge in [-0.15, -0.1) is 5.10 Å². The molecule has 0 saturated carbocycles. The average molecular weight is 474 g/mol. The number of halogens is 1. The molecule has 10 nitrogen and oxygen atoms in total. The number of ether oxygens (including phenoxy) is 2. The molecule has 3 aliphatic rings. The number of benzene rings is 1. The third kappa shape index (κ3) is 5.47. The number of aromatic nitrogens is 4. The van der Waals surface area contributed by atoms with Crippen molar-refractivity contribution in [3.63, 3.8) is 0 Å². The van der Waals surface area contributed by atoms with Crippen molar-refractivity contribution in [2.75, 3.05) is 57.4 Å². The molecule has 0 atom stereocenters. The molecule has 2 aromatic rings. The Labute approximate surface area is 198 Å². The van der Waals surface area contributed by atoms with Crippen molar-refractivity contribution in [3.8, 4) is 5.75 Å². The molecule has 3 fully saturated rings. The van der Waals surface area contributed by atoms with Crippen LogP contribution in [0.4, 0.5) is 10.3 Å². The van der Waals surface area contributed by atoms with E-state index in [0.29, 0.717) is 31.0 Å². The molecule has 3 aliphatic heterocycles. The van der Waals surface area contributed by atoms with Gasteiger partial charge in [-0.05, 0) is 43.0 Å². The molecule has 3 saturated heterocycles. The van der Waals surface area contributed by atoms with Crippen LogP contribution < -0.4 is 9.64 Å². The van der Waals surface area contributed by atoms with E-state index in [0.717, 1.165) is 65.0 Å². The maximum Gasteiger partial charge on any atom is 0.266 e. The highest BCUT2D eigenvalue weighted by molar-refractivity contribution is 5.75. The van der Waals surface area contributed by atoms with Crippen LogP contribution in [0.15, 0.2) is 24.3 Å². The summed E-state index contributed by atoms with van der Waals surface area (Å²) < 4.78 is 25.1. The Morgan fingerprint density at radius 3 is 2.50 bits per heavy atom. The van der Waals surface area contributed by atoms with Crippen molar-refractivity contribution in [2.24, 2.45) is 0 Å². The minimum atomic E-state index is -0.305. The summed E-state index contributed by atoms with van der Waals surface area (Å²) in [6, 6.07) is 7.06. The number of piperidine rings is 2. The van der Waals surface area contributed by atoms with Gasteiger partial charge in [0.05, 0.1) is 13.2 Å². The second kappa shape index (κ2) is 10.6. The van der Waals surface area contributed by atoms with Crippen LogP contribution in [0.2, 0.25) is 0 Å². The van der Waals surface area contributed by atoms with Crippen LogP contribution in [0.1, 0.15) is 25.7 Å². The van der Waals surface area contributed by atoms with Crippen LogP contribution in [0, 0.1) is 5.82 Å². The number of tetrazole rings is 1. The van der Waals surface area contributed by atoms with Crippen LogP contribution in [0.25, 0.3) is 0 Å². The minimum Gasteiger partial charge on any atom is -0.487 e. The van der Waals surface area contributed by atoms with E-state index in [1.807, 2.05) is 9.80 Å². The van der Waals surface area contributed by atoms with Crippen molar-refractivity contribution < 1.29 is 18.7 Å². The molecule has 0 aliphatic carbocycles. The lowest BCUT2D eigenvalue weighted by atomic mass is 9.98. The van der Waals surface area contributed by atoms with Gasteiger partial charge in [-0.3, -0.25) is 9.69 Å². The van der Waals surface area contributed by atoms with Crippen molar-refractivity contribution in [2.45, 2.75) is 44.4 Å². The zero-order valence-electron chi connectivity index (χ0n) is 19.4. The third-order valence-corrected chi connectivity index (χ3v) is 6.95. The largest absolute Gasteiger partial charge is 0.487 e. The maximum atomic E-state index is 13.9. The van der Waals surface area contributed by atoms with E-state index in [1.54, 1.807) is 18.2 Å². The summed E-state index contributed by atoms with van der Waals surface area (Å²) in [5.41, 5.74) is 0. The Balaban J connectivity index is 1.04. The fourth-order valence-corrected chi connectivity index (χ4v) is 4.97. The molecule has 1 aromatic heterocycles. The lowest BCUT2D eigenvalue weighted by Gasteiger charge is -2.41. The molecular weight excluding hydrogens is 441 g/mol. The van der Waals surface area contributed by atoms with E-state index in [9.17, 15) is 9.18 Å². The molecule has 1 aromatic carbocycles. The highest BCUT2D eigenvalue weighted by Crippen LogP contribution is 2.25. The first kappa shape index (κ1) is 23.0. The van der Waals surface area contributed by atoms with Crippen LogP contribution in [0.3, 0.4) is 0 Å². The Kier molecular flexibility index (Phi) is 7.19. The highest BCUT2D eigenvalue weighted by atomic mass is 19.1. The van der Waals surface area contributed by atoms with Gasteiger partial charge in [0.2, 0.25) is 5.91 Å². The number of para-hydroxylation sites is 1. The van der Waals surface area contributed by atoms with Crippen molar-refractivity contribution in [1.82, 2.24) is 30.0 Å². The van der Waals surface area contributed by atoms with Crippen molar-refractivity contribution >= 4 is 11.9 Å². The summed E-state index contributed by atoms with van der Waals surface area (Å²) in [7, 11) is 0. The van der Waals surface area contributed by atoms with Gasteiger partial charge in [0.25, 0.3) is 5.95 Å². The first-order chi connectivity index (χ1) is 16.7. The molecule has 0 N–H and O–H groups in total. The number of rotatable bonds is 6. The van der Waals surface area contributed by atoms with Crippen LogP contribution in [-0.2, 0) is 16.1 Å². The molecule has 0 unspecified atom stereocenters. The Hall–Kier alpha value is -2.79. The zero-order chi connectivity index (χ0) is 23.3. The van der Waals surface area contributed by atoms with Gasteiger partial charge in [0.1, 0.15) is 12.6 Å². The van der Waals surface area contributed by atoms with Gasteiger partial charge in [0, 0.05) is 45.3 Å². The van der Waals surface area contributed by atoms with Crippen molar-refractivity contribution in [3.05, 3.63) is 30.1 Å². The lowest BCUT2D eigenvalue weighted by molar-refractivity contribution is -0.134. The van der Waals surface area contributed by atoms with E-state index < -0.39 is 0 Å². The monoisotopic (exact) mass is 473 g/mol. The smallest absolute Gasteiger partial charge is 0.266 e. The van der Waals surface area contributed by atoms with Crippen molar-refractivity contribution in [1.29, 1.82) is 0 Å². The summed E-state index contributed by atoms with van der Waals surface area (Å²) in [5.74, 6) is 0.616. The number of hydrogen-bond acceptors (Lipinski definition) is 8. The minimum absolute atomic E-state index is 0.0290. The molecule has 0 radical (unpaired) electrons. The summed E-state index contributed by atoms with van der Waals surface area (Å²) in [6.45, 7) is 6.23. The number of hydrogen-bond donors (Lipinski definition) is 0. The van der Waals surface area contributed by atoms with Crippen LogP contribution in [-0.4, -0.2) is 101 Å². The number of nitrogens with zero attached hydrogens (tertiary/aromatic N) is 7. The second-order valence-corrected chi connectivity index (χ2v) is 9.11. The molecule has 34 heavy (non-hydrogen) atoms. The number of carbonyl (C=O) groups is 1. The van der Waals surface area contributed by atoms with E-state index in [2.05, 4.69) is 20.3 Å². The molecule has 0 bridgehead atoms. The second-order valence-electron chi connectivity index (χ2n) is 9.11. The number of likely N-dealkylation sites (tertiary alicyclic amines) is 2. The number of morpholine rings is 1. The number of anilines is 1. The zero-order valence-corrected chi connectivity index (χ0v) is 19.4. The van der Waals surface area contributed by atoms with Gasteiger partial charge >= 0.3 is 0 Å². The highest BCUT2D eigenvalue weighted by Gasteiger charge is 2.30. The summed E-state index contributed by atoms with van der Waals surface area (Å²) in [6.07, 6.45) is 3.73. The summed E-state index contributed by atoms with van der Waals surface area (Å²) in [5, 5.41) is 12.5. The molecule has 0 spiro atoms. The van der Waals surface area contributed by atoms with Gasteiger partial charge in [0.15, 0.2) is 11.6 Å². The van der Waals surface area contributed by atoms with Crippen LogP contribution in [0.5, 0.6) is 5.75 Å². The van der Waals surface area contributed by atoms with Gasteiger partial charge in [-0.1, -0.05) is 17.2 Å². The first-order valence-corrected chi connectivity index (χ1v) is 12.2. The summed E-state index contributed by atoms with van der Waals surface area (Å²) in [4.78, 5) is 20.6. The quantitative estimate of drug-likeness (QED) is 0.618. The average Bonchev–Trinajstić information content (AvgIpc) is 3.35. The third-order valence-electron chi connectivity index (χ3n) is 6.95. The fraction of sp³-hybridized carbons (Fsp3) is 0.652. The van der Waals surface area contributed by atoms with E-state index >= 15 is 0 Å². The maximum absolute atomic E-state index is 13.9. The number of amides is 1. The SMILES string of the molecule is O=C(Cn1nnc(N2CCOCC2)n1)N1CCC(N2CCC(Oc3ccccc3F)CC2)CC1. The summed E-state index contributed by atoms with van der Waals surface area (Å²) >= 11 is 0. The number of carbonyl (C=O) groups excluding carboxylic acids is 1. The molecule has 5 rings (SSSR count). The first-order valence-electron chi connectivity index (χ1n) is 12.2. The van der Waals surface area contributed by atoms with Gasteiger partial charge in [-0.25, -0.2) is 4.39 Å². The van der Waals surface area contributed by atoms with E-state index in [4.69, 9.17) is 9.47 Å². The molecule has 184 valence electrons. The van der Waals surface area contributed by atoms with Gasteiger partial charge < -0.3 is 19.3 Å². The van der Waals surface area contributed by atoms with E-state index in [1.165, 1.54) is 10.9 Å². The predicted molar refractivity (Wildman–Crippen MR) is 122 cm³/mol. The van der Waals surface area contributed by atoms with E-state index in [-0.39, 0.29) is 24.4 Å².